The van der Waals surface area contributed by atoms with Crippen molar-refractivity contribution in [1.29, 1.82) is 0 Å². The third kappa shape index (κ3) is 2.63. The van der Waals surface area contributed by atoms with Crippen molar-refractivity contribution in [3.8, 4) is 5.75 Å². The number of nitrogens with one attached hydrogen (secondary N) is 1. The van der Waals surface area contributed by atoms with E-state index in [1.807, 2.05) is 24.3 Å². The highest BCUT2D eigenvalue weighted by Gasteiger charge is 2.08. The van der Waals surface area contributed by atoms with Gasteiger partial charge in [-0.3, -0.25) is 0 Å². The molecule has 1 N–H and O–H groups in total. The SMILES string of the molecule is COc1ccc(F)cc1CSc1nc2ccccc2[nH]1. The molecule has 0 spiro atoms. The zero-order valence-electron chi connectivity index (χ0n) is 10.9. The molecule has 5 heteroatoms. The fourth-order valence-electron chi connectivity index (χ4n) is 2.00. The zero-order valence-corrected chi connectivity index (χ0v) is 11.7. The molecule has 0 saturated carbocycles. The number of thioether (sulfide) groups is 1. The van der Waals surface area contributed by atoms with E-state index in [-0.39, 0.29) is 5.82 Å². The predicted molar refractivity (Wildman–Crippen MR) is 78.6 cm³/mol. The van der Waals surface area contributed by atoms with Gasteiger partial charge in [-0.2, -0.15) is 0 Å². The lowest BCUT2D eigenvalue weighted by molar-refractivity contribution is 0.410. The highest BCUT2D eigenvalue weighted by atomic mass is 32.2. The molecule has 1 heterocycles. The summed E-state index contributed by atoms with van der Waals surface area (Å²) in [7, 11) is 1.59. The monoisotopic (exact) mass is 288 g/mol. The maximum Gasteiger partial charge on any atom is 0.166 e. The molecule has 0 unspecified atom stereocenters. The predicted octanol–water partition coefficient (Wildman–Crippen LogP) is 4.00. The Morgan fingerprint density at radius 1 is 1.25 bits per heavy atom. The molecule has 0 atom stereocenters. The number of benzene rings is 2. The average molecular weight is 288 g/mol. The lowest BCUT2D eigenvalue weighted by Crippen LogP contribution is -1.91. The van der Waals surface area contributed by atoms with Crippen LogP contribution < -0.4 is 4.74 Å². The van der Waals surface area contributed by atoms with Crippen LogP contribution in [-0.2, 0) is 5.75 Å². The van der Waals surface area contributed by atoms with Gasteiger partial charge in [-0.1, -0.05) is 23.9 Å². The number of hydrogen-bond acceptors (Lipinski definition) is 3. The summed E-state index contributed by atoms with van der Waals surface area (Å²) in [4.78, 5) is 7.71. The Morgan fingerprint density at radius 3 is 2.90 bits per heavy atom. The minimum absolute atomic E-state index is 0.258. The van der Waals surface area contributed by atoms with Gasteiger partial charge in [0.15, 0.2) is 5.16 Å². The van der Waals surface area contributed by atoms with Crippen molar-refractivity contribution in [3.05, 3.63) is 53.8 Å². The molecule has 0 saturated heterocycles. The molecule has 0 aliphatic rings. The minimum atomic E-state index is -0.258. The Bertz CT molecular complexity index is 709. The second kappa shape index (κ2) is 5.54. The largest absolute Gasteiger partial charge is 0.496 e. The first kappa shape index (κ1) is 13.0. The second-order valence-corrected chi connectivity index (χ2v) is 5.27. The number of H-pyrrole nitrogens is 1. The van der Waals surface area contributed by atoms with Crippen molar-refractivity contribution in [2.75, 3.05) is 7.11 Å². The van der Waals surface area contributed by atoms with Crippen LogP contribution in [0.5, 0.6) is 5.75 Å². The van der Waals surface area contributed by atoms with E-state index in [1.165, 1.54) is 23.9 Å². The fourth-order valence-corrected chi connectivity index (χ4v) is 2.87. The number of para-hydroxylation sites is 2. The molecule has 102 valence electrons. The first-order valence-corrected chi connectivity index (χ1v) is 7.15. The highest BCUT2D eigenvalue weighted by Crippen LogP contribution is 2.28. The maximum absolute atomic E-state index is 13.3. The Balaban J connectivity index is 1.80. The molecule has 0 aliphatic heterocycles. The maximum atomic E-state index is 13.3. The van der Waals surface area contributed by atoms with Gasteiger partial charge in [0.05, 0.1) is 18.1 Å². The molecule has 0 radical (unpaired) electrons. The number of ether oxygens (including phenoxy) is 1. The third-order valence-electron chi connectivity index (χ3n) is 2.97. The number of halogens is 1. The summed E-state index contributed by atoms with van der Waals surface area (Å²) in [6.07, 6.45) is 0. The van der Waals surface area contributed by atoms with Crippen LogP contribution in [0.3, 0.4) is 0 Å². The van der Waals surface area contributed by atoms with Gasteiger partial charge in [-0.05, 0) is 30.3 Å². The first-order chi connectivity index (χ1) is 9.76. The normalized spacial score (nSPS) is 10.9. The number of aromatic nitrogens is 2. The van der Waals surface area contributed by atoms with Crippen LogP contribution in [0.2, 0.25) is 0 Å². The number of imidazole rings is 1. The van der Waals surface area contributed by atoms with Crippen molar-refractivity contribution in [3.63, 3.8) is 0 Å². The van der Waals surface area contributed by atoms with Crippen molar-refractivity contribution >= 4 is 22.8 Å². The number of fused-ring (bicyclic) bond motifs is 1. The van der Waals surface area contributed by atoms with Crippen LogP contribution >= 0.6 is 11.8 Å². The Morgan fingerprint density at radius 2 is 2.10 bits per heavy atom. The van der Waals surface area contributed by atoms with Gasteiger partial charge in [-0.15, -0.1) is 0 Å². The number of nitrogens with zero attached hydrogens (tertiary/aromatic N) is 1. The van der Waals surface area contributed by atoms with Crippen LogP contribution in [0, 0.1) is 5.82 Å². The summed E-state index contributed by atoms with van der Waals surface area (Å²) in [5.41, 5.74) is 2.75. The van der Waals surface area contributed by atoms with E-state index < -0.39 is 0 Å². The number of rotatable bonds is 4. The Hall–Kier alpha value is -2.01. The second-order valence-electron chi connectivity index (χ2n) is 4.30. The standard InChI is InChI=1S/C15H13FN2OS/c1-19-14-7-6-11(16)8-10(14)9-20-15-17-12-4-2-3-5-13(12)18-15/h2-8H,9H2,1H3,(H,17,18). The average Bonchev–Trinajstić information content (AvgIpc) is 2.88. The van der Waals surface area contributed by atoms with E-state index in [0.717, 1.165) is 21.8 Å². The molecule has 2 aromatic carbocycles. The molecular formula is C15H13FN2OS. The molecule has 0 bridgehead atoms. The first-order valence-electron chi connectivity index (χ1n) is 6.16. The summed E-state index contributed by atoms with van der Waals surface area (Å²) < 4.78 is 18.5. The van der Waals surface area contributed by atoms with Gasteiger partial charge in [0.1, 0.15) is 11.6 Å². The summed E-state index contributed by atoms with van der Waals surface area (Å²) in [5.74, 6) is 1.03. The molecule has 0 amide bonds. The van der Waals surface area contributed by atoms with Crippen LogP contribution in [0.15, 0.2) is 47.6 Å². The van der Waals surface area contributed by atoms with Gasteiger partial charge in [-0.25, -0.2) is 9.37 Å². The number of hydrogen-bond donors (Lipinski definition) is 1. The molecule has 1 aromatic heterocycles. The van der Waals surface area contributed by atoms with E-state index in [9.17, 15) is 4.39 Å². The van der Waals surface area contributed by atoms with Crippen LogP contribution in [-0.4, -0.2) is 17.1 Å². The van der Waals surface area contributed by atoms with Crippen LogP contribution in [0.4, 0.5) is 4.39 Å². The van der Waals surface area contributed by atoms with Gasteiger partial charge in [0, 0.05) is 11.3 Å². The van der Waals surface area contributed by atoms with E-state index in [1.54, 1.807) is 13.2 Å². The molecule has 0 aliphatic carbocycles. The van der Waals surface area contributed by atoms with E-state index in [2.05, 4.69) is 9.97 Å². The quantitative estimate of drug-likeness (QED) is 0.737. The molecule has 20 heavy (non-hydrogen) atoms. The number of aromatic amines is 1. The van der Waals surface area contributed by atoms with Crippen molar-refractivity contribution in [2.45, 2.75) is 10.9 Å². The Kier molecular flexibility index (Phi) is 3.60. The summed E-state index contributed by atoms with van der Waals surface area (Å²) in [6.45, 7) is 0. The molecule has 3 nitrogen and oxygen atoms in total. The Labute approximate surface area is 120 Å². The van der Waals surface area contributed by atoms with Gasteiger partial charge >= 0.3 is 0 Å². The van der Waals surface area contributed by atoms with Gasteiger partial charge < -0.3 is 9.72 Å². The molecule has 3 rings (SSSR count). The van der Waals surface area contributed by atoms with E-state index in [4.69, 9.17) is 4.74 Å². The molecule has 3 aromatic rings. The third-order valence-corrected chi connectivity index (χ3v) is 3.90. The summed E-state index contributed by atoms with van der Waals surface area (Å²) >= 11 is 1.52. The summed E-state index contributed by atoms with van der Waals surface area (Å²) in [6, 6.07) is 12.4. The van der Waals surface area contributed by atoms with E-state index >= 15 is 0 Å². The smallest absolute Gasteiger partial charge is 0.166 e. The summed E-state index contributed by atoms with van der Waals surface area (Å²) in [5, 5.41) is 0.817. The van der Waals surface area contributed by atoms with Crippen molar-refractivity contribution in [2.24, 2.45) is 0 Å². The lowest BCUT2D eigenvalue weighted by atomic mass is 10.2. The van der Waals surface area contributed by atoms with Crippen molar-refractivity contribution < 1.29 is 9.13 Å². The minimum Gasteiger partial charge on any atom is -0.496 e. The van der Waals surface area contributed by atoms with E-state index in [0.29, 0.717) is 11.5 Å². The van der Waals surface area contributed by atoms with Crippen molar-refractivity contribution in [1.82, 2.24) is 9.97 Å². The topological polar surface area (TPSA) is 37.9 Å². The fraction of sp³-hybridized carbons (Fsp3) is 0.133. The van der Waals surface area contributed by atoms with Crippen LogP contribution in [0.1, 0.15) is 5.56 Å². The molecule has 0 fully saturated rings. The number of methoxy groups -OCH3 is 1. The molecular weight excluding hydrogens is 275 g/mol. The van der Waals surface area contributed by atoms with Gasteiger partial charge in [0.25, 0.3) is 0 Å². The van der Waals surface area contributed by atoms with Crippen LogP contribution in [0.25, 0.3) is 11.0 Å². The van der Waals surface area contributed by atoms with Gasteiger partial charge in [0.2, 0.25) is 0 Å². The zero-order chi connectivity index (χ0) is 13.9. The highest BCUT2D eigenvalue weighted by molar-refractivity contribution is 7.98. The lowest BCUT2D eigenvalue weighted by Gasteiger charge is -2.07.